The van der Waals surface area contributed by atoms with Gasteiger partial charge in [-0.2, -0.15) is 0 Å². The molecule has 0 radical (unpaired) electrons. The summed E-state index contributed by atoms with van der Waals surface area (Å²) in [6.07, 6.45) is 0.606. The molecule has 98 valence electrons. The number of halogens is 2. The molecule has 1 aliphatic heterocycles. The van der Waals surface area contributed by atoms with Crippen LogP contribution in [0.2, 0.25) is 10.0 Å². The summed E-state index contributed by atoms with van der Waals surface area (Å²) in [6.45, 7) is 0. The minimum atomic E-state index is -0.110. The molecule has 2 aromatic carbocycles. The molecule has 0 saturated carbocycles. The van der Waals surface area contributed by atoms with E-state index in [4.69, 9.17) is 33.7 Å². The molecular weight excluding hydrogens is 281 g/mol. The Bertz CT molecular complexity index is 595. The summed E-state index contributed by atoms with van der Waals surface area (Å²) in [5.74, 6) is 0.836. The summed E-state index contributed by atoms with van der Waals surface area (Å²) in [5.41, 5.74) is 8.21. The van der Waals surface area contributed by atoms with Crippen LogP contribution in [0, 0.1) is 0 Å². The molecule has 0 aliphatic carbocycles. The van der Waals surface area contributed by atoms with Crippen molar-refractivity contribution in [1.82, 2.24) is 0 Å². The van der Waals surface area contributed by atoms with Crippen LogP contribution in [0.25, 0.3) is 0 Å². The first-order chi connectivity index (χ1) is 9.13. The van der Waals surface area contributed by atoms with Gasteiger partial charge in [0.05, 0.1) is 0 Å². The van der Waals surface area contributed by atoms with E-state index in [1.807, 2.05) is 36.4 Å². The fourth-order valence-corrected chi connectivity index (χ4v) is 2.96. The number of rotatable bonds is 1. The van der Waals surface area contributed by atoms with Crippen LogP contribution in [-0.2, 0) is 0 Å². The zero-order valence-electron chi connectivity index (χ0n) is 10.1. The van der Waals surface area contributed by atoms with Crippen LogP contribution < -0.4 is 10.5 Å². The monoisotopic (exact) mass is 293 g/mol. The summed E-state index contributed by atoms with van der Waals surface area (Å²) >= 11 is 12.1. The van der Waals surface area contributed by atoms with Gasteiger partial charge < -0.3 is 10.5 Å². The van der Waals surface area contributed by atoms with Crippen LogP contribution in [-0.4, -0.2) is 0 Å². The van der Waals surface area contributed by atoms with Gasteiger partial charge >= 0.3 is 0 Å². The number of para-hydroxylation sites is 1. The van der Waals surface area contributed by atoms with Crippen molar-refractivity contribution in [3.63, 3.8) is 0 Å². The van der Waals surface area contributed by atoms with Gasteiger partial charge in [-0.1, -0.05) is 41.4 Å². The van der Waals surface area contributed by atoms with Gasteiger partial charge in [0, 0.05) is 28.1 Å². The standard InChI is InChI=1S/C15H13Cl2NO/c16-10-5-9(6-11(17)7-10)15-8-13(18)12-3-1-2-4-14(12)19-15/h1-7,13,15H,8,18H2/t13-,15?/m1/s1. The highest BCUT2D eigenvalue weighted by Gasteiger charge is 2.27. The lowest BCUT2D eigenvalue weighted by atomic mass is 9.94. The van der Waals surface area contributed by atoms with E-state index in [2.05, 4.69) is 0 Å². The van der Waals surface area contributed by atoms with E-state index < -0.39 is 0 Å². The summed E-state index contributed by atoms with van der Waals surface area (Å²) in [5, 5.41) is 1.22. The molecule has 1 aliphatic rings. The zero-order chi connectivity index (χ0) is 13.4. The SMILES string of the molecule is N[C@@H]1CC(c2cc(Cl)cc(Cl)c2)Oc2ccccc21. The zero-order valence-corrected chi connectivity index (χ0v) is 11.7. The smallest absolute Gasteiger partial charge is 0.126 e. The van der Waals surface area contributed by atoms with E-state index in [0.717, 1.165) is 16.9 Å². The molecular formula is C15H13Cl2NO. The molecule has 1 unspecified atom stereocenters. The van der Waals surface area contributed by atoms with Crippen molar-refractivity contribution >= 4 is 23.2 Å². The van der Waals surface area contributed by atoms with Gasteiger partial charge in [-0.25, -0.2) is 0 Å². The highest BCUT2D eigenvalue weighted by Crippen LogP contribution is 2.40. The minimum Gasteiger partial charge on any atom is -0.485 e. The van der Waals surface area contributed by atoms with Crippen molar-refractivity contribution in [2.24, 2.45) is 5.73 Å². The average Bonchev–Trinajstić information content (AvgIpc) is 2.37. The molecule has 3 rings (SSSR count). The van der Waals surface area contributed by atoms with Gasteiger partial charge in [0.25, 0.3) is 0 Å². The largest absolute Gasteiger partial charge is 0.485 e. The third-order valence-corrected chi connectivity index (χ3v) is 3.75. The molecule has 2 N–H and O–H groups in total. The first-order valence-corrected chi connectivity index (χ1v) is 6.86. The van der Waals surface area contributed by atoms with Crippen LogP contribution in [0.15, 0.2) is 42.5 Å². The molecule has 0 fully saturated rings. The number of hydrogen-bond acceptors (Lipinski definition) is 2. The first-order valence-electron chi connectivity index (χ1n) is 6.10. The normalized spacial score (nSPS) is 21.6. The van der Waals surface area contributed by atoms with Crippen LogP contribution in [0.4, 0.5) is 0 Å². The topological polar surface area (TPSA) is 35.2 Å². The van der Waals surface area contributed by atoms with Crippen molar-refractivity contribution < 1.29 is 4.74 Å². The summed E-state index contributed by atoms with van der Waals surface area (Å²) in [6, 6.07) is 13.3. The predicted octanol–water partition coefficient (Wildman–Crippen LogP) is 4.52. The maximum Gasteiger partial charge on any atom is 0.126 e. The number of benzene rings is 2. The second-order valence-electron chi connectivity index (χ2n) is 4.69. The summed E-state index contributed by atoms with van der Waals surface area (Å²) < 4.78 is 6.00. The van der Waals surface area contributed by atoms with Gasteiger partial charge in [-0.05, 0) is 29.8 Å². The Labute approximate surface area is 122 Å². The minimum absolute atomic E-state index is 0.0345. The second-order valence-corrected chi connectivity index (χ2v) is 5.56. The number of ether oxygens (including phenoxy) is 1. The molecule has 2 atom stereocenters. The Morgan fingerprint density at radius 1 is 1.05 bits per heavy atom. The maximum atomic E-state index is 6.20. The molecule has 0 aromatic heterocycles. The van der Waals surface area contributed by atoms with Crippen LogP contribution >= 0.6 is 23.2 Å². The number of nitrogens with two attached hydrogens (primary N) is 1. The van der Waals surface area contributed by atoms with E-state index in [0.29, 0.717) is 16.5 Å². The van der Waals surface area contributed by atoms with Gasteiger partial charge in [0.2, 0.25) is 0 Å². The average molecular weight is 294 g/mol. The van der Waals surface area contributed by atoms with Crippen molar-refractivity contribution in [2.45, 2.75) is 18.6 Å². The van der Waals surface area contributed by atoms with Crippen LogP contribution in [0.5, 0.6) is 5.75 Å². The molecule has 19 heavy (non-hydrogen) atoms. The van der Waals surface area contributed by atoms with Crippen molar-refractivity contribution in [1.29, 1.82) is 0 Å². The molecule has 2 aromatic rings. The highest BCUT2D eigenvalue weighted by molar-refractivity contribution is 6.34. The van der Waals surface area contributed by atoms with E-state index in [-0.39, 0.29) is 12.1 Å². The Balaban J connectivity index is 1.96. The maximum absolute atomic E-state index is 6.20. The molecule has 0 amide bonds. The quantitative estimate of drug-likeness (QED) is 0.839. The molecule has 2 nitrogen and oxygen atoms in total. The molecule has 4 heteroatoms. The van der Waals surface area contributed by atoms with E-state index >= 15 is 0 Å². The van der Waals surface area contributed by atoms with Gasteiger partial charge in [-0.15, -0.1) is 0 Å². The van der Waals surface area contributed by atoms with E-state index in [9.17, 15) is 0 Å². The Morgan fingerprint density at radius 3 is 2.47 bits per heavy atom. The van der Waals surface area contributed by atoms with E-state index in [1.54, 1.807) is 6.07 Å². The van der Waals surface area contributed by atoms with Crippen molar-refractivity contribution in [3.8, 4) is 5.75 Å². The molecule has 0 bridgehead atoms. The number of hydrogen-bond donors (Lipinski definition) is 1. The van der Waals surface area contributed by atoms with Gasteiger partial charge in [0.1, 0.15) is 11.9 Å². The lowest BCUT2D eigenvalue weighted by Crippen LogP contribution is -2.24. The Hall–Kier alpha value is -1.22. The predicted molar refractivity (Wildman–Crippen MR) is 77.8 cm³/mol. The fraction of sp³-hybridized carbons (Fsp3) is 0.200. The summed E-state index contributed by atoms with van der Waals surface area (Å²) in [4.78, 5) is 0. The van der Waals surface area contributed by atoms with Gasteiger partial charge in [0.15, 0.2) is 0 Å². The Morgan fingerprint density at radius 2 is 1.74 bits per heavy atom. The van der Waals surface area contributed by atoms with E-state index in [1.165, 1.54) is 0 Å². The second kappa shape index (κ2) is 5.04. The lowest BCUT2D eigenvalue weighted by molar-refractivity contribution is 0.161. The first kappa shape index (κ1) is 12.8. The third kappa shape index (κ3) is 2.57. The third-order valence-electron chi connectivity index (χ3n) is 3.31. The van der Waals surface area contributed by atoms with Crippen molar-refractivity contribution in [3.05, 3.63) is 63.6 Å². The van der Waals surface area contributed by atoms with Gasteiger partial charge in [-0.3, -0.25) is 0 Å². The highest BCUT2D eigenvalue weighted by atomic mass is 35.5. The molecule has 1 heterocycles. The summed E-state index contributed by atoms with van der Waals surface area (Å²) in [7, 11) is 0. The Kier molecular flexibility index (Phi) is 3.40. The lowest BCUT2D eigenvalue weighted by Gasteiger charge is -2.30. The van der Waals surface area contributed by atoms with Crippen LogP contribution in [0.3, 0.4) is 0 Å². The van der Waals surface area contributed by atoms with Crippen LogP contribution in [0.1, 0.15) is 29.7 Å². The number of fused-ring (bicyclic) bond motifs is 1. The molecule has 0 spiro atoms. The molecule has 0 saturated heterocycles. The fourth-order valence-electron chi connectivity index (χ4n) is 2.42. The van der Waals surface area contributed by atoms with Crippen molar-refractivity contribution in [2.75, 3.05) is 0 Å².